The van der Waals surface area contributed by atoms with Gasteiger partial charge in [0.2, 0.25) is 0 Å². The smallest absolute Gasteiger partial charge is 0.0330 e. The third-order valence-corrected chi connectivity index (χ3v) is 2.24. The fourth-order valence-corrected chi connectivity index (χ4v) is 1.61. The third kappa shape index (κ3) is 5.25. The van der Waals surface area contributed by atoms with E-state index in [1.165, 1.54) is 0 Å². The largest absolute Gasteiger partial charge is 0.150 e. The first-order chi connectivity index (χ1) is 7.27. The number of hydrogen-bond acceptors (Lipinski definition) is 4. The van der Waals surface area contributed by atoms with E-state index in [1.54, 1.807) is 0 Å². The Morgan fingerprint density at radius 1 is 0.500 bits per heavy atom. The molecule has 16 heavy (non-hydrogen) atoms. The van der Waals surface area contributed by atoms with Gasteiger partial charge in [0.1, 0.15) is 0 Å². The summed E-state index contributed by atoms with van der Waals surface area (Å²) in [5, 5.41) is 3.69. The van der Waals surface area contributed by atoms with Crippen molar-refractivity contribution in [3.63, 3.8) is 0 Å². The Balaban J connectivity index is 4.27. The SMILES string of the molecule is CC(C)N(OON(C(C)C)C(C)C)C(C)C. The molecule has 0 aliphatic carbocycles. The maximum Gasteiger partial charge on any atom is 0.0330 e. The van der Waals surface area contributed by atoms with Gasteiger partial charge in [0.15, 0.2) is 0 Å². The summed E-state index contributed by atoms with van der Waals surface area (Å²) < 4.78 is 0. The Labute approximate surface area is 100 Å². The molecular formula is C12H28N2O2. The molecule has 0 aliphatic rings. The highest BCUT2D eigenvalue weighted by Gasteiger charge is 2.20. The van der Waals surface area contributed by atoms with Crippen molar-refractivity contribution in [2.24, 2.45) is 0 Å². The van der Waals surface area contributed by atoms with Crippen molar-refractivity contribution in [3.05, 3.63) is 0 Å². The first-order valence-corrected chi connectivity index (χ1v) is 6.18. The van der Waals surface area contributed by atoms with Crippen molar-refractivity contribution in [1.29, 1.82) is 0 Å². The normalized spacial score (nSPS) is 13.1. The van der Waals surface area contributed by atoms with Gasteiger partial charge in [-0.05, 0) is 55.4 Å². The molecule has 0 N–H and O–H groups in total. The second-order valence-electron chi connectivity index (χ2n) is 5.24. The zero-order valence-corrected chi connectivity index (χ0v) is 12.0. The minimum Gasteiger partial charge on any atom is -0.150 e. The van der Waals surface area contributed by atoms with E-state index in [1.807, 2.05) is 10.1 Å². The molecule has 0 amide bonds. The van der Waals surface area contributed by atoms with Crippen LogP contribution in [0.2, 0.25) is 0 Å². The van der Waals surface area contributed by atoms with Crippen LogP contribution in [0.3, 0.4) is 0 Å². The Morgan fingerprint density at radius 2 is 0.688 bits per heavy atom. The quantitative estimate of drug-likeness (QED) is 0.497. The first kappa shape index (κ1) is 15.8. The molecule has 0 aromatic carbocycles. The summed E-state index contributed by atoms with van der Waals surface area (Å²) in [5.74, 6) is 0. The predicted octanol–water partition coefficient (Wildman–Crippen LogP) is 3.00. The summed E-state index contributed by atoms with van der Waals surface area (Å²) in [6, 6.07) is 1.17. The average molecular weight is 232 g/mol. The molecule has 0 atom stereocenters. The highest BCUT2D eigenvalue weighted by atomic mass is 17.3. The lowest BCUT2D eigenvalue weighted by Crippen LogP contribution is -2.43. The van der Waals surface area contributed by atoms with Crippen molar-refractivity contribution < 1.29 is 9.98 Å². The van der Waals surface area contributed by atoms with Crippen LogP contribution in [0.1, 0.15) is 55.4 Å². The summed E-state index contributed by atoms with van der Waals surface area (Å²) in [4.78, 5) is 10.8. The third-order valence-electron chi connectivity index (χ3n) is 2.24. The van der Waals surface area contributed by atoms with Gasteiger partial charge in [-0.2, -0.15) is 10.1 Å². The first-order valence-electron chi connectivity index (χ1n) is 6.18. The predicted molar refractivity (Wildman–Crippen MR) is 66.4 cm³/mol. The van der Waals surface area contributed by atoms with Gasteiger partial charge in [0.05, 0.1) is 0 Å². The molecule has 4 nitrogen and oxygen atoms in total. The van der Waals surface area contributed by atoms with E-state index in [-0.39, 0.29) is 0 Å². The molecule has 0 spiro atoms. The standard InChI is InChI=1S/C12H28N2O2/c1-9(2)13(10(3)4)15-16-14(11(5)6)12(7)8/h9-12H,1-8H3. The van der Waals surface area contributed by atoms with Crippen LogP contribution in [0.5, 0.6) is 0 Å². The summed E-state index contributed by atoms with van der Waals surface area (Å²) >= 11 is 0. The maximum atomic E-state index is 5.41. The van der Waals surface area contributed by atoms with Gasteiger partial charge in [0, 0.05) is 24.2 Å². The van der Waals surface area contributed by atoms with Crippen LogP contribution in [-0.4, -0.2) is 34.3 Å². The van der Waals surface area contributed by atoms with E-state index in [0.717, 1.165) is 0 Å². The van der Waals surface area contributed by atoms with Crippen molar-refractivity contribution in [2.45, 2.75) is 79.6 Å². The topological polar surface area (TPSA) is 24.9 Å². The van der Waals surface area contributed by atoms with Crippen LogP contribution in [-0.2, 0) is 9.98 Å². The lowest BCUT2D eigenvalue weighted by atomic mass is 10.3. The molecule has 0 heterocycles. The fourth-order valence-electron chi connectivity index (χ4n) is 1.61. The highest BCUT2D eigenvalue weighted by molar-refractivity contribution is 4.57. The van der Waals surface area contributed by atoms with Crippen LogP contribution in [0.25, 0.3) is 0 Å². The van der Waals surface area contributed by atoms with Crippen LogP contribution in [0, 0.1) is 0 Å². The lowest BCUT2D eigenvalue weighted by molar-refractivity contribution is -0.536. The number of nitrogens with zero attached hydrogens (tertiary/aromatic N) is 2. The van der Waals surface area contributed by atoms with E-state index in [4.69, 9.17) is 9.98 Å². The van der Waals surface area contributed by atoms with Gasteiger partial charge in [-0.3, -0.25) is 0 Å². The molecule has 0 unspecified atom stereocenters. The second-order valence-corrected chi connectivity index (χ2v) is 5.24. The summed E-state index contributed by atoms with van der Waals surface area (Å²) in [7, 11) is 0. The maximum absolute atomic E-state index is 5.41. The molecule has 0 aromatic heterocycles. The molecule has 98 valence electrons. The zero-order chi connectivity index (χ0) is 12.9. The average Bonchev–Trinajstić information content (AvgIpc) is 2.09. The van der Waals surface area contributed by atoms with Gasteiger partial charge in [0.25, 0.3) is 0 Å². The van der Waals surface area contributed by atoms with Crippen LogP contribution in [0.15, 0.2) is 0 Å². The molecule has 0 saturated carbocycles. The van der Waals surface area contributed by atoms with E-state index in [0.29, 0.717) is 24.2 Å². The fraction of sp³-hybridized carbons (Fsp3) is 1.00. The molecule has 0 radical (unpaired) electrons. The summed E-state index contributed by atoms with van der Waals surface area (Å²) in [6.45, 7) is 16.7. The monoisotopic (exact) mass is 232 g/mol. The molecular weight excluding hydrogens is 204 g/mol. The lowest BCUT2D eigenvalue weighted by Gasteiger charge is -2.33. The van der Waals surface area contributed by atoms with Crippen LogP contribution >= 0.6 is 0 Å². The molecule has 0 rings (SSSR count). The molecule has 0 aliphatic heterocycles. The van der Waals surface area contributed by atoms with Crippen LogP contribution < -0.4 is 0 Å². The van der Waals surface area contributed by atoms with Gasteiger partial charge in [-0.25, -0.2) is 0 Å². The van der Waals surface area contributed by atoms with E-state index >= 15 is 0 Å². The molecule has 0 bridgehead atoms. The Hall–Kier alpha value is -0.160. The Bertz CT molecular complexity index is 146. The van der Waals surface area contributed by atoms with Gasteiger partial charge in [-0.15, -0.1) is 9.98 Å². The van der Waals surface area contributed by atoms with E-state index < -0.39 is 0 Å². The van der Waals surface area contributed by atoms with Crippen molar-refractivity contribution in [3.8, 4) is 0 Å². The Kier molecular flexibility index (Phi) is 7.15. The van der Waals surface area contributed by atoms with Crippen molar-refractivity contribution in [2.75, 3.05) is 0 Å². The summed E-state index contributed by atoms with van der Waals surface area (Å²) in [6.07, 6.45) is 0. The van der Waals surface area contributed by atoms with Gasteiger partial charge >= 0.3 is 0 Å². The zero-order valence-electron chi connectivity index (χ0n) is 12.0. The minimum absolute atomic E-state index is 0.293. The van der Waals surface area contributed by atoms with Crippen LogP contribution in [0.4, 0.5) is 0 Å². The minimum atomic E-state index is 0.293. The molecule has 0 saturated heterocycles. The number of hydroxylamine groups is 4. The van der Waals surface area contributed by atoms with Gasteiger partial charge in [-0.1, -0.05) is 0 Å². The van der Waals surface area contributed by atoms with Crippen molar-refractivity contribution in [1.82, 2.24) is 10.1 Å². The molecule has 4 heteroatoms. The Morgan fingerprint density at radius 3 is 0.812 bits per heavy atom. The van der Waals surface area contributed by atoms with Crippen molar-refractivity contribution >= 4 is 0 Å². The van der Waals surface area contributed by atoms with E-state index in [9.17, 15) is 0 Å². The number of rotatable bonds is 7. The second kappa shape index (κ2) is 7.22. The van der Waals surface area contributed by atoms with E-state index in [2.05, 4.69) is 55.4 Å². The summed E-state index contributed by atoms with van der Waals surface area (Å²) in [5.41, 5.74) is 0. The molecule has 0 fully saturated rings. The van der Waals surface area contributed by atoms with Gasteiger partial charge < -0.3 is 0 Å². The molecule has 0 aromatic rings. The number of hydrogen-bond donors (Lipinski definition) is 0. The highest BCUT2D eigenvalue weighted by Crippen LogP contribution is 2.11.